The summed E-state index contributed by atoms with van der Waals surface area (Å²) in [6.07, 6.45) is 2.14. The van der Waals surface area contributed by atoms with Gasteiger partial charge in [0.05, 0.1) is 5.41 Å². The Hall–Kier alpha value is -0.650. The lowest BCUT2D eigenvalue weighted by molar-refractivity contribution is -0.144. The first-order valence-electron chi connectivity index (χ1n) is 7.88. The summed E-state index contributed by atoms with van der Waals surface area (Å²) in [6, 6.07) is 0. The fraction of sp³-hybridized carbons (Fsp3) is 0.933. The predicted molar refractivity (Wildman–Crippen MR) is 81.8 cm³/mol. The molecule has 20 heavy (non-hydrogen) atoms. The van der Waals surface area contributed by atoms with Gasteiger partial charge in [0.2, 0.25) is 5.91 Å². The number of nitrogens with one attached hydrogen (secondary N) is 1. The number of amides is 1. The van der Waals surface area contributed by atoms with Gasteiger partial charge in [0.15, 0.2) is 0 Å². The molecule has 0 aromatic carbocycles. The van der Waals surface area contributed by atoms with Gasteiger partial charge in [-0.2, -0.15) is 0 Å². The standard InChI is InChI=1S/C15H30N4O/c1-15(5-4-6-16-13-15)14(20)19-11-9-18(10-12-19)8-7-17(2)3/h16H,4-13H2,1-3H3. The van der Waals surface area contributed by atoms with Gasteiger partial charge in [-0.15, -0.1) is 0 Å². The minimum absolute atomic E-state index is 0.177. The molecule has 0 aromatic rings. The summed E-state index contributed by atoms with van der Waals surface area (Å²) in [5.41, 5.74) is -0.177. The second kappa shape index (κ2) is 6.87. The van der Waals surface area contributed by atoms with E-state index in [1.165, 1.54) is 0 Å². The molecule has 0 aliphatic carbocycles. The molecule has 0 spiro atoms. The van der Waals surface area contributed by atoms with Gasteiger partial charge in [0.1, 0.15) is 0 Å². The molecule has 2 aliphatic rings. The summed E-state index contributed by atoms with van der Waals surface area (Å²) in [6.45, 7) is 10.0. The Morgan fingerprint density at radius 1 is 1.25 bits per heavy atom. The van der Waals surface area contributed by atoms with Gasteiger partial charge in [0, 0.05) is 45.8 Å². The van der Waals surface area contributed by atoms with E-state index in [4.69, 9.17) is 0 Å². The van der Waals surface area contributed by atoms with Gasteiger partial charge in [-0.3, -0.25) is 9.69 Å². The Balaban J connectivity index is 1.79. The van der Waals surface area contributed by atoms with Crippen LogP contribution < -0.4 is 5.32 Å². The first kappa shape index (κ1) is 15.7. The molecule has 0 radical (unpaired) electrons. The van der Waals surface area contributed by atoms with Gasteiger partial charge >= 0.3 is 0 Å². The number of likely N-dealkylation sites (N-methyl/N-ethyl adjacent to an activating group) is 1. The quantitative estimate of drug-likeness (QED) is 0.793. The van der Waals surface area contributed by atoms with E-state index in [1.807, 2.05) is 0 Å². The molecule has 1 atom stereocenters. The third-order valence-electron chi connectivity index (χ3n) is 4.64. The van der Waals surface area contributed by atoms with Crippen molar-refractivity contribution < 1.29 is 4.79 Å². The molecule has 0 bridgehead atoms. The summed E-state index contributed by atoms with van der Waals surface area (Å²) < 4.78 is 0. The lowest BCUT2D eigenvalue weighted by Crippen LogP contribution is -2.56. The van der Waals surface area contributed by atoms with E-state index in [-0.39, 0.29) is 5.41 Å². The van der Waals surface area contributed by atoms with Gasteiger partial charge in [-0.05, 0) is 40.4 Å². The van der Waals surface area contributed by atoms with Crippen LogP contribution in [-0.4, -0.2) is 87.1 Å². The Kier molecular flexibility index (Phi) is 5.41. The minimum Gasteiger partial charge on any atom is -0.340 e. The van der Waals surface area contributed by atoms with Crippen LogP contribution in [0.15, 0.2) is 0 Å². The SMILES string of the molecule is CN(C)CCN1CCN(C(=O)C2(C)CCCNC2)CC1. The second-order valence-corrected chi connectivity index (χ2v) is 6.78. The first-order chi connectivity index (χ1) is 9.51. The Labute approximate surface area is 123 Å². The van der Waals surface area contributed by atoms with E-state index in [0.29, 0.717) is 5.91 Å². The molecular weight excluding hydrogens is 252 g/mol. The highest BCUT2D eigenvalue weighted by Crippen LogP contribution is 2.28. The summed E-state index contributed by atoms with van der Waals surface area (Å²) in [4.78, 5) is 19.5. The topological polar surface area (TPSA) is 38.8 Å². The number of rotatable bonds is 4. The number of nitrogens with zero attached hydrogens (tertiary/aromatic N) is 3. The maximum atomic E-state index is 12.7. The van der Waals surface area contributed by atoms with Gasteiger partial charge < -0.3 is 15.1 Å². The van der Waals surface area contributed by atoms with Gasteiger partial charge in [-0.25, -0.2) is 0 Å². The van der Waals surface area contributed by atoms with Crippen LogP contribution in [0.2, 0.25) is 0 Å². The van der Waals surface area contributed by atoms with E-state index in [1.54, 1.807) is 0 Å². The monoisotopic (exact) mass is 282 g/mol. The molecule has 1 N–H and O–H groups in total. The highest BCUT2D eigenvalue weighted by Gasteiger charge is 2.38. The normalized spacial score (nSPS) is 28.9. The summed E-state index contributed by atoms with van der Waals surface area (Å²) >= 11 is 0. The largest absolute Gasteiger partial charge is 0.340 e. The lowest BCUT2D eigenvalue weighted by Gasteiger charge is -2.41. The average Bonchev–Trinajstić information content (AvgIpc) is 2.45. The van der Waals surface area contributed by atoms with E-state index < -0.39 is 0 Å². The van der Waals surface area contributed by atoms with E-state index in [2.05, 4.69) is 41.0 Å². The zero-order chi connectivity index (χ0) is 14.6. The van der Waals surface area contributed by atoms with Crippen LogP contribution in [0.4, 0.5) is 0 Å². The molecule has 0 aromatic heterocycles. The smallest absolute Gasteiger partial charge is 0.229 e. The van der Waals surface area contributed by atoms with Crippen molar-refractivity contribution in [3.8, 4) is 0 Å². The van der Waals surface area contributed by atoms with Crippen molar-refractivity contribution in [2.45, 2.75) is 19.8 Å². The van der Waals surface area contributed by atoms with Crippen LogP contribution in [0.5, 0.6) is 0 Å². The fourth-order valence-corrected chi connectivity index (χ4v) is 3.14. The molecule has 2 aliphatic heterocycles. The number of carbonyl (C=O) groups is 1. The van der Waals surface area contributed by atoms with Crippen LogP contribution in [0.3, 0.4) is 0 Å². The first-order valence-corrected chi connectivity index (χ1v) is 7.88. The molecule has 1 amide bonds. The number of piperidine rings is 1. The molecule has 5 nitrogen and oxygen atoms in total. The molecule has 1 unspecified atom stereocenters. The summed E-state index contributed by atoms with van der Waals surface area (Å²) in [5.74, 6) is 0.358. The van der Waals surface area contributed by atoms with E-state index in [0.717, 1.165) is 65.2 Å². The fourth-order valence-electron chi connectivity index (χ4n) is 3.14. The maximum absolute atomic E-state index is 12.7. The van der Waals surface area contributed by atoms with Crippen LogP contribution in [0.25, 0.3) is 0 Å². The van der Waals surface area contributed by atoms with Crippen LogP contribution in [-0.2, 0) is 4.79 Å². The number of carbonyl (C=O) groups excluding carboxylic acids is 1. The second-order valence-electron chi connectivity index (χ2n) is 6.78. The summed E-state index contributed by atoms with van der Waals surface area (Å²) in [5, 5.41) is 3.37. The molecule has 2 saturated heterocycles. The molecule has 0 saturated carbocycles. The predicted octanol–water partition coefficient (Wildman–Crippen LogP) is 0.0819. The Morgan fingerprint density at radius 3 is 2.50 bits per heavy atom. The highest BCUT2D eigenvalue weighted by atomic mass is 16.2. The van der Waals surface area contributed by atoms with E-state index in [9.17, 15) is 4.79 Å². The van der Waals surface area contributed by atoms with Crippen LogP contribution >= 0.6 is 0 Å². The Morgan fingerprint density at radius 2 is 1.95 bits per heavy atom. The molecule has 5 heteroatoms. The van der Waals surface area contributed by atoms with Gasteiger partial charge in [0.25, 0.3) is 0 Å². The Bertz CT molecular complexity index is 318. The maximum Gasteiger partial charge on any atom is 0.229 e. The third-order valence-corrected chi connectivity index (χ3v) is 4.64. The zero-order valence-electron chi connectivity index (χ0n) is 13.3. The van der Waals surface area contributed by atoms with E-state index >= 15 is 0 Å². The average molecular weight is 282 g/mol. The molecule has 116 valence electrons. The van der Waals surface area contributed by atoms with Gasteiger partial charge in [-0.1, -0.05) is 0 Å². The van der Waals surface area contributed by atoms with Crippen molar-refractivity contribution >= 4 is 5.91 Å². The lowest BCUT2D eigenvalue weighted by atomic mass is 9.81. The third kappa shape index (κ3) is 3.93. The summed E-state index contributed by atoms with van der Waals surface area (Å²) in [7, 11) is 4.22. The highest BCUT2D eigenvalue weighted by molar-refractivity contribution is 5.82. The van der Waals surface area contributed by atoms with Crippen molar-refractivity contribution in [1.82, 2.24) is 20.0 Å². The van der Waals surface area contributed by atoms with Crippen molar-refractivity contribution in [3.63, 3.8) is 0 Å². The number of hydrogen-bond donors (Lipinski definition) is 1. The molecular formula is C15H30N4O. The van der Waals surface area contributed by atoms with Crippen molar-refractivity contribution in [2.24, 2.45) is 5.41 Å². The minimum atomic E-state index is -0.177. The molecule has 2 rings (SSSR count). The van der Waals surface area contributed by atoms with Crippen molar-refractivity contribution in [3.05, 3.63) is 0 Å². The number of hydrogen-bond acceptors (Lipinski definition) is 4. The van der Waals surface area contributed by atoms with Crippen molar-refractivity contribution in [2.75, 3.05) is 66.5 Å². The van der Waals surface area contributed by atoms with Crippen molar-refractivity contribution in [1.29, 1.82) is 0 Å². The molecule has 2 heterocycles. The van der Waals surface area contributed by atoms with Crippen LogP contribution in [0, 0.1) is 5.41 Å². The zero-order valence-corrected chi connectivity index (χ0v) is 13.3. The number of piperazine rings is 1. The van der Waals surface area contributed by atoms with Crippen LogP contribution in [0.1, 0.15) is 19.8 Å². The molecule has 2 fully saturated rings.